The molecule has 1 aliphatic rings. The summed E-state index contributed by atoms with van der Waals surface area (Å²) in [5.41, 5.74) is 4.01. The van der Waals surface area contributed by atoms with E-state index in [0.29, 0.717) is 22.5 Å². The second-order valence-electron chi connectivity index (χ2n) is 8.44. The number of nitrogens with zero attached hydrogens (tertiary/aromatic N) is 1. The van der Waals surface area contributed by atoms with Crippen molar-refractivity contribution in [1.29, 1.82) is 0 Å². The molecular weight excluding hydrogens is 438 g/mol. The van der Waals surface area contributed by atoms with E-state index < -0.39 is 11.8 Å². The fourth-order valence-corrected chi connectivity index (χ4v) is 4.23. The molecule has 6 heteroatoms. The first kappa shape index (κ1) is 22.1. The Morgan fingerprint density at radius 2 is 1.46 bits per heavy atom. The molecule has 35 heavy (non-hydrogen) atoms. The SMILES string of the molecule is CC(=O)Nc1ccc(N2C(=O)C(Nc3cccc4ccccc34)=C(c3ccc(C)cc3)C2=O)cc1. The minimum atomic E-state index is -0.439. The summed E-state index contributed by atoms with van der Waals surface area (Å²) in [7, 11) is 0. The Hall–Kier alpha value is -4.71. The summed E-state index contributed by atoms with van der Waals surface area (Å²) < 4.78 is 0. The molecule has 6 nitrogen and oxygen atoms in total. The average molecular weight is 462 g/mol. The maximum atomic E-state index is 13.7. The molecule has 4 aromatic carbocycles. The van der Waals surface area contributed by atoms with Crippen molar-refractivity contribution in [2.24, 2.45) is 0 Å². The summed E-state index contributed by atoms with van der Waals surface area (Å²) >= 11 is 0. The van der Waals surface area contributed by atoms with Crippen molar-refractivity contribution in [2.45, 2.75) is 13.8 Å². The minimum Gasteiger partial charge on any atom is -0.350 e. The smallest absolute Gasteiger partial charge is 0.282 e. The fraction of sp³-hybridized carbons (Fsp3) is 0.0690. The van der Waals surface area contributed by atoms with Gasteiger partial charge in [0.1, 0.15) is 5.70 Å². The molecular formula is C29H23N3O3. The van der Waals surface area contributed by atoms with E-state index in [9.17, 15) is 14.4 Å². The molecule has 0 aromatic heterocycles. The lowest BCUT2D eigenvalue weighted by Crippen LogP contribution is -2.32. The maximum Gasteiger partial charge on any atom is 0.282 e. The number of aryl methyl sites for hydroxylation is 1. The van der Waals surface area contributed by atoms with Crippen LogP contribution in [-0.4, -0.2) is 17.7 Å². The van der Waals surface area contributed by atoms with E-state index >= 15 is 0 Å². The van der Waals surface area contributed by atoms with Crippen LogP contribution in [0.4, 0.5) is 17.1 Å². The Bertz CT molecular complexity index is 1500. The Kier molecular flexibility index (Phi) is 5.63. The average Bonchev–Trinajstić information content (AvgIpc) is 3.09. The minimum absolute atomic E-state index is 0.198. The molecule has 4 aromatic rings. The molecule has 1 heterocycles. The third kappa shape index (κ3) is 4.17. The van der Waals surface area contributed by atoms with Crippen molar-refractivity contribution < 1.29 is 14.4 Å². The lowest BCUT2D eigenvalue weighted by atomic mass is 10.0. The van der Waals surface area contributed by atoms with Gasteiger partial charge in [0.05, 0.1) is 11.3 Å². The first-order valence-corrected chi connectivity index (χ1v) is 11.2. The Morgan fingerprint density at radius 1 is 0.771 bits per heavy atom. The van der Waals surface area contributed by atoms with E-state index in [1.54, 1.807) is 24.3 Å². The first-order chi connectivity index (χ1) is 16.9. The topological polar surface area (TPSA) is 78.5 Å². The van der Waals surface area contributed by atoms with Gasteiger partial charge in [0, 0.05) is 23.7 Å². The molecule has 0 atom stereocenters. The number of benzene rings is 4. The molecule has 0 aliphatic carbocycles. The van der Waals surface area contributed by atoms with E-state index in [4.69, 9.17) is 0 Å². The van der Waals surface area contributed by atoms with Crippen LogP contribution in [0.3, 0.4) is 0 Å². The van der Waals surface area contributed by atoms with Gasteiger partial charge in [0.25, 0.3) is 11.8 Å². The third-order valence-electron chi connectivity index (χ3n) is 5.92. The number of amides is 3. The van der Waals surface area contributed by atoms with Crippen LogP contribution in [0.2, 0.25) is 0 Å². The quantitative estimate of drug-likeness (QED) is 0.385. The molecule has 0 radical (unpaired) electrons. The molecule has 3 amide bonds. The Labute approximate surface area is 202 Å². The molecule has 0 saturated carbocycles. The second kappa shape index (κ2) is 8.91. The van der Waals surface area contributed by atoms with E-state index in [1.165, 1.54) is 11.8 Å². The highest BCUT2D eigenvalue weighted by Gasteiger charge is 2.40. The lowest BCUT2D eigenvalue weighted by molar-refractivity contribution is -0.120. The highest BCUT2D eigenvalue weighted by atomic mass is 16.2. The first-order valence-electron chi connectivity index (χ1n) is 11.2. The lowest BCUT2D eigenvalue weighted by Gasteiger charge is -2.16. The van der Waals surface area contributed by atoms with Crippen molar-refractivity contribution in [3.63, 3.8) is 0 Å². The van der Waals surface area contributed by atoms with Crippen LogP contribution < -0.4 is 15.5 Å². The molecule has 0 unspecified atom stereocenters. The van der Waals surface area contributed by atoms with Gasteiger partial charge in [-0.3, -0.25) is 14.4 Å². The predicted molar refractivity (Wildman–Crippen MR) is 139 cm³/mol. The van der Waals surface area contributed by atoms with Gasteiger partial charge in [-0.1, -0.05) is 66.2 Å². The summed E-state index contributed by atoms with van der Waals surface area (Å²) in [6.07, 6.45) is 0. The van der Waals surface area contributed by atoms with Gasteiger partial charge in [-0.2, -0.15) is 0 Å². The van der Waals surface area contributed by atoms with E-state index in [1.807, 2.05) is 73.7 Å². The molecule has 5 rings (SSSR count). The largest absolute Gasteiger partial charge is 0.350 e. The monoisotopic (exact) mass is 461 g/mol. The van der Waals surface area contributed by atoms with Gasteiger partial charge in [-0.25, -0.2) is 4.90 Å². The Morgan fingerprint density at radius 3 is 2.17 bits per heavy atom. The van der Waals surface area contributed by atoms with Gasteiger partial charge < -0.3 is 10.6 Å². The van der Waals surface area contributed by atoms with Crippen molar-refractivity contribution in [3.8, 4) is 0 Å². The summed E-state index contributed by atoms with van der Waals surface area (Å²) in [6.45, 7) is 3.39. The van der Waals surface area contributed by atoms with E-state index in [-0.39, 0.29) is 11.6 Å². The van der Waals surface area contributed by atoms with Crippen LogP contribution in [0.1, 0.15) is 18.1 Å². The second-order valence-corrected chi connectivity index (χ2v) is 8.44. The molecule has 0 fully saturated rings. The molecule has 172 valence electrons. The van der Waals surface area contributed by atoms with Crippen molar-refractivity contribution in [2.75, 3.05) is 15.5 Å². The van der Waals surface area contributed by atoms with Crippen molar-refractivity contribution in [3.05, 3.63) is 108 Å². The number of hydrogen-bond donors (Lipinski definition) is 2. The molecule has 0 bridgehead atoms. The van der Waals surface area contributed by atoms with E-state index in [0.717, 1.165) is 22.0 Å². The Balaban J connectivity index is 1.59. The number of imide groups is 1. The van der Waals surface area contributed by atoms with Gasteiger partial charge in [-0.15, -0.1) is 0 Å². The van der Waals surface area contributed by atoms with Crippen molar-refractivity contribution in [1.82, 2.24) is 0 Å². The molecule has 1 aliphatic heterocycles. The zero-order valence-corrected chi connectivity index (χ0v) is 19.3. The highest BCUT2D eigenvalue weighted by Crippen LogP contribution is 2.35. The van der Waals surface area contributed by atoms with Gasteiger partial charge in [0.2, 0.25) is 5.91 Å². The number of carbonyl (C=O) groups is 3. The summed E-state index contributed by atoms with van der Waals surface area (Å²) in [4.78, 5) is 39.9. The molecule has 2 N–H and O–H groups in total. The normalized spacial score (nSPS) is 13.5. The summed E-state index contributed by atoms with van der Waals surface area (Å²) in [5, 5.41) is 7.94. The summed E-state index contributed by atoms with van der Waals surface area (Å²) in [6, 6.07) is 27.8. The molecule has 0 spiro atoms. The van der Waals surface area contributed by atoms with Gasteiger partial charge in [0.15, 0.2) is 0 Å². The van der Waals surface area contributed by atoms with Crippen LogP contribution >= 0.6 is 0 Å². The number of carbonyl (C=O) groups excluding carboxylic acids is 3. The van der Waals surface area contributed by atoms with Crippen LogP contribution in [0, 0.1) is 6.92 Å². The zero-order valence-electron chi connectivity index (χ0n) is 19.3. The highest BCUT2D eigenvalue weighted by molar-refractivity contribution is 6.46. The van der Waals surface area contributed by atoms with E-state index in [2.05, 4.69) is 10.6 Å². The van der Waals surface area contributed by atoms with Crippen LogP contribution in [0.5, 0.6) is 0 Å². The number of anilines is 3. The van der Waals surface area contributed by atoms with Crippen LogP contribution in [0.15, 0.2) is 96.7 Å². The fourth-order valence-electron chi connectivity index (χ4n) is 4.23. The molecule has 0 saturated heterocycles. The van der Waals surface area contributed by atoms with Crippen LogP contribution in [0.25, 0.3) is 16.3 Å². The van der Waals surface area contributed by atoms with Crippen LogP contribution in [-0.2, 0) is 14.4 Å². The standard InChI is InChI=1S/C29H23N3O3/c1-18-10-12-21(13-11-18)26-27(31-25-9-5-7-20-6-3-4-8-24(20)25)29(35)32(28(26)34)23-16-14-22(15-17-23)30-19(2)33/h3-17,31H,1-2H3,(H,30,33). The number of hydrogen-bond acceptors (Lipinski definition) is 4. The zero-order chi connectivity index (χ0) is 24.5. The van der Waals surface area contributed by atoms with Gasteiger partial charge >= 0.3 is 0 Å². The number of fused-ring (bicyclic) bond motifs is 1. The number of nitrogens with one attached hydrogen (secondary N) is 2. The van der Waals surface area contributed by atoms with Crippen molar-refractivity contribution >= 4 is 51.1 Å². The third-order valence-corrected chi connectivity index (χ3v) is 5.92. The number of rotatable bonds is 5. The van der Waals surface area contributed by atoms with Gasteiger partial charge in [-0.05, 0) is 48.2 Å². The summed E-state index contributed by atoms with van der Waals surface area (Å²) in [5.74, 6) is -1.05. The maximum absolute atomic E-state index is 13.7. The predicted octanol–water partition coefficient (Wildman–Crippen LogP) is 5.50.